The first-order chi connectivity index (χ1) is 13.5. The number of nitriles is 1. The highest BCUT2D eigenvalue weighted by molar-refractivity contribution is 5.74. The summed E-state index contributed by atoms with van der Waals surface area (Å²) in [4.78, 5) is 20.8. The largest absolute Gasteiger partial charge is 0.478 e. The molecule has 1 heterocycles. The Labute approximate surface area is 166 Å². The molecule has 0 saturated heterocycles. The number of urea groups is 1. The first kappa shape index (κ1) is 21.2. The van der Waals surface area contributed by atoms with E-state index in [1.165, 1.54) is 0 Å². The minimum Gasteiger partial charge on any atom is -0.478 e. The summed E-state index contributed by atoms with van der Waals surface area (Å²) in [5.74, 6) is 0.539. The monoisotopic (exact) mass is 381 g/mol. The summed E-state index contributed by atoms with van der Waals surface area (Å²) >= 11 is 0. The summed E-state index contributed by atoms with van der Waals surface area (Å²) in [6, 6.07) is 13.0. The predicted molar refractivity (Wildman–Crippen MR) is 108 cm³/mol. The number of carbonyl (C=O) groups excluding carboxylic acids is 1. The zero-order valence-electron chi connectivity index (χ0n) is 16.7. The van der Waals surface area contributed by atoms with Gasteiger partial charge in [-0.2, -0.15) is 5.26 Å². The number of hydrogen-bond acceptors (Lipinski definition) is 5. The van der Waals surface area contributed by atoms with Gasteiger partial charge in [0.15, 0.2) is 0 Å². The summed E-state index contributed by atoms with van der Waals surface area (Å²) in [7, 11) is 3.95. The van der Waals surface area contributed by atoms with Crippen molar-refractivity contribution < 1.29 is 9.53 Å². The molecule has 0 atom stereocenters. The van der Waals surface area contributed by atoms with Crippen LogP contribution in [-0.4, -0.2) is 54.6 Å². The van der Waals surface area contributed by atoms with Gasteiger partial charge in [0.2, 0.25) is 5.88 Å². The standard InChI is InChI=1S/C21H27N5O2/c1-4-28-20-19(6-5-11-23-20)15-24-21(27)26(13-12-25(2)3)16-18-9-7-17(14-22)8-10-18/h5-11H,4,12-13,15-16H2,1-3H3,(H,24,27). The van der Waals surface area contributed by atoms with E-state index in [1.807, 2.05) is 50.2 Å². The van der Waals surface area contributed by atoms with Crippen molar-refractivity contribution in [3.8, 4) is 11.9 Å². The molecule has 1 aromatic carbocycles. The molecule has 0 fully saturated rings. The molecule has 0 saturated carbocycles. The molecule has 2 rings (SSSR count). The van der Waals surface area contributed by atoms with Crippen molar-refractivity contribution in [3.63, 3.8) is 0 Å². The van der Waals surface area contributed by atoms with Crippen molar-refractivity contribution >= 4 is 6.03 Å². The SMILES string of the molecule is CCOc1ncccc1CNC(=O)N(CCN(C)C)Cc1ccc(C#N)cc1. The number of hydrogen-bond donors (Lipinski definition) is 1. The molecule has 0 aliphatic heterocycles. The fourth-order valence-electron chi connectivity index (χ4n) is 2.59. The van der Waals surface area contributed by atoms with Crippen LogP contribution in [0.15, 0.2) is 42.6 Å². The van der Waals surface area contributed by atoms with E-state index in [1.54, 1.807) is 23.2 Å². The molecule has 2 aromatic rings. The Bertz CT molecular complexity index is 799. The van der Waals surface area contributed by atoms with Gasteiger partial charge < -0.3 is 19.9 Å². The van der Waals surface area contributed by atoms with Crippen molar-refractivity contribution in [3.05, 3.63) is 59.3 Å². The van der Waals surface area contributed by atoms with Crippen LogP contribution in [0.25, 0.3) is 0 Å². The van der Waals surface area contributed by atoms with Crippen LogP contribution in [0.4, 0.5) is 4.79 Å². The van der Waals surface area contributed by atoms with Gasteiger partial charge in [0.25, 0.3) is 0 Å². The number of carbonyl (C=O) groups is 1. The number of amides is 2. The number of rotatable bonds is 9. The topological polar surface area (TPSA) is 81.5 Å². The Kier molecular flexibility index (Phi) is 8.25. The van der Waals surface area contributed by atoms with Gasteiger partial charge in [-0.3, -0.25) is 0 Å². The first-order valence-corrected chi connectivity index (χ1v) is 9.26. The number of benzene rings is 1. The molecule has 1 N–H and O–H groups in total. The highest BCUT2D eigenvalue weighted by Gasteiger charge is 2.15. The second-order valence-corrected chi connectivity index (χ2v) is 6.59. The van der Waals surface area contributed by atoms with Crippen molar-refractivity contribution in [2.24, 2.45) is 0 Å². The fourth-order valence-corrected chi connectivity index (χ4v) is 2.59. The number of ether oxygens (including phenoxy) is 1. The molecule has 0 radical (unpaired) electrons. The lowest BCUT2D eigenvalue weighted by Gasteiger charge is -2.25. The van der Waals surface area contributed by atoms with Gasteiger partial charge in [-0.1, -0.05) is 18.2 Å². The lowest BCUT2D eigenvalue weighted by Crippen LogP contribution is -2.42. The van der Waals surface area contributed by atoms with Gasteiger partial charge in [-0.15, -0.1) is 0 Å². The minimum atomic E-state index is -0.155. The van der Waals surface area contributed by atoms with Crippen LogP contribution in [0.2, 0.25) is 0 Å². The molecular formula is C21H27N5O2. The lowest BCUT2D eigenvalue weighted by atomic mass is 10.1. The third-order valence-corrected chi connectivity index (χ3v) is 4.12. The van der Waals surface area contributed by atoms with Crippen LogP contribution in [0.1, 0.15) is 23.6 Å². The van der Waals surface area contributed by atoms with Gasteiger partial charge >= 0.3 is 6.03 Å². The van der Waals surface area contributed by atoms with Gasteiger partial charge in [-0.25, -0.2) is 9.78 Å². The lowest BCUT2D eigenvalue weighted by molar-refractivity contribution is 0.188. The number of aromatic nitrogens is 1. The second kappa shape index (κ2) is 10.9. The molecule has 148 valence electrons. The molecule has 28 heavy (non-hydrogen) atoms. The van der Waals surface area contributed by atoms with E-state index in [9.17, 15) is 4.79 Å². The van der Waals surface area contributed by atoms with E-state index in [-0.39, 0.29) is 6.03 Å². The van der Waals surface area contributed by atoms with Crippen molar-refractivity contribution in [1.82, 2.24) is 20.1 Å². The molecule has 0 aliphatic rings. The molecule has 2 amide bonds. The van der Waals surface area contributed by atoms with Crippen LogP contribution in [-0.2, 0) is 13.1 Å². The summed E-state index contributed by atoms with van der Waals surface area (Å²) in [6.07, 6.45) is 1.67. The van der Waals surface area contributed by atoms with E-state index in [4.69, 9.17) is 10.00 Å². The molecule has 0 unspecified atom stereocenters. The Morgan fingerprint density at radius 1 is 1.21 bits per heavy atom. The van der Waals surface area contributed by atoms with Crippen molar-refractivity contribution in [1.29, 1.82) is 5.26 Å². The minimum absolute atomic E-state index is 0.155. The molecule has 7 heteroatoms. The Morgan fingerprint density at radius 2 is 1.96 bits per heavy atom. The molecule has 1 aromatic heterocycles. The second-order valence-electron chi connectivity index (χ2n) is 6.59. The highest BCUT2D eigenvalue weighted by Crippen LogP contribution is 2.14. The van der Waals surface area contributed by atoms with E-state index < -0.39 is 0 Å². The average Bonchev–Trinajstić information content (AvgIpc) is 2.70. The molecule has 0 spiro atoms. The maximum Gasteiger partial charge on any atom is 0.318 e. The van der Waals surface area contributed by atoms with Crippen LogP contribution in [0.3, 0.4) is 0 Å². The van der Waals surface area contributed by atoms with E-state index in [0.717, 1.165) is 17.7 Å². The number of likely N-dealkylation sites (N-methyl/N-ethyl adjacent to an activating group) is 1. The molecule has 0 bridgehead atoms. The van der Waals surface area contributed by atoms with Crippen LogP contribution >= 0.6 is 0 Å². The van der Waals surface area contributed by atoms with Crippen molar-refractivity contribution in [2.75, 3.05) is 33.8 Å². The summed E-state index contributed by atoms with van der Waals surface area (Å²) in [5, 5.41) is 11.9. The number of nitrogens with zero attached hydrogens (tertiary/aromatic N) is 4. The summed E-state index contributed by atoms with van der Waals surface area (Å²) in [5.41, 5.74) is 2.42. The third-order valence-electron chi connectivity index (χ3n) is 4.12. The van der Waals surface area contributed by atoms with Crippen LogP contribution in [0, 0.1) is 11.3 Å². The molecule has 7 nitrogen and oxygen atoms in total. The molecular weight excluding hydrogens is 354 g/mol. The zero-order valence-corrected chi connectivity index (χ0v) is 16.7. The smallest absolute Gasteiger partial charge is 0.318 e. The Hall–Kier alpha value is -3.11. The van der Waals surface area contributed by atoms with E-state index >= 15 is 0 Å². The normalized spacial score (nSPS) is 10.4. The van der Waals surface area contributed by atoms with Crippen LogP contribution < -0.4 is 10.1 Å². The fraction of sp³-hybridized carbons (Fsp3) is 0.381. The third kappa shape index (κ3) is 6.56. The summed E-state index contributed by atoms with van der Waals surface area (Å²) < 4.78 is 5.52. The Morgan fingerprint density at radius 3 is 2.61 bits per heavy atom. The highest BCUT2D eigenvalue weighted by atomic mass is 16.5. The van der Waals surface area contributed by atoms with Gasteiger partial charge in [0, 0.05) is 37.9 Å². The quantitative estimate of drug-likeness (QED) is 0.722. The maximum atomic E-state index is 12.8. The van der Waals surface area contributed by atoms with Gasteiger partial charge in [0.1, 0.15) is 0 Å². The average molecular weight is 381 g/mol. The van der Waals surface area contributed by atoms with Gasteiger partial charge in [0.05, 0.1) is 18.2 Å². The number of nitrogens with one attached hydrogen (secondary N) is 1. The maximum absolute atomic E-state index is 12.8. The van der Waals surface area contributed by atoms with Crippen LogP contribution in [0.5, 0.6) is 5.88 Å². The Balaban J connectivity index is 2.05. The molecule has 0 aliphatic carbocycles. The first-order valence-electron chi connectivity index (χ1n) is 9.26. The summed E-state index contributed by atoms with van der Waals surface area (Å²) in [6.45, 7) is 4.57. The zero-order chi connectivity index (χ0) is 20.4. The number of pyridine rings is 1. The predicted octanol–water partition coefficient (Wildman–Crippen LogP) is 2.63. The van der Waals surface area contributed by atoms with Crippen molar-refractivity contribution in [2.45, 2.75) is 20.0 Å². The van der Waals surface area contributed by atoms with Gasteiger partial charge in [-0.05, 0) is 44.8 Å². The van der Waals surface area contributed by atoms with E-state index in [2.05, 4.69) is 16.4 Å². The van der Waals surface area contributed by atoms with E-state index in [0.29, 0.717) is 37.7 Å².